The van der Waals surface area contributed by atoms with Crippen molar-refractivity contribution in [2.75, 3.05) is 20.3 Å². The van der Waals surface area contributed by atoms with Gasteiger partial charge >= 0.3 is 11.9 Å². The van der Waals surface area contributed by atoms with Crippen LogP contribution in [0.5, 0.6) is 5.75 Å². The van der Waals surface area contributed by atoms with Gasteiger partial charge in [0, 0.05) is 17.9 Å². The minimum atomic E-state index is -1.22. The van der Waals surface area contributed by atoms with Crippen molar-refractivity contribution in [3.8, 4) is 5.75 Å². The molecular weight excluding hydrogens is 372 g/mol. The summed E-state index contributed by atoms with van der Waals surface area (Å²) in [5.41, 5.74) is 1.17. The normalized spacial score (nSPS) is 11.6. The summed E-state index contributed by atoms with van der Waals surface area (Å²) in [5.74, 6) is -2.87. The van der Waals surface area contributed by atoms with Gasteiger partial charge in [0.15, 0.2) is 11.7 Å². The van der Waals surface area contributed by atoms with E-state index in [2.05, 4.69) is 0 Å². The van der Waals surface area contributed by atoms with E-state index in [-0.39, 0.29) is 25.4 Å². The summed E-state index contributed by atoms with van der Waals surface area (Å²) in [7, 11) is 1.55. The predicted octanol–water partition coefficient (Wildman–Crippen LogP) is 3.79. The Kier molecular flexibility index (Phi) is 8.40. The topological polar surface area (TPSA) is 78.9 Å². The SMILES string of the molecule is CCOC(=O)C(C(=O)OCC)[C@H](CC(=O)c1ccc(OC)cc1)c1ccccc1. The van der Waals surface area contributed by atoms with Gasteiger partial charge in [0.2, 0.25) is 0 Å². The van der Waals surface area contributed by atoms with Gasteiger partial charge in [0.05, 0.1) is 20.3 Å². The highest BCUT2D eigenvalue weighted by molar-refractivity contribution is 6.00. The average molecular weight is 398 g/mol. The third-order valence-corrected chi connectivity index (χ3v) is 4.53. The van der Waals surface area contributed by atoms with Crippen molar-refractivity contribution in [2.45, 2.75) is 26.2 Å². The van der Waals surface area contributed by atoms with Gasteiger partial charge in [-0.25, -0.2) is 0 Å². The average Bonchev–Trinajstić information content (AvgIpc) is 2.74. The zero-order valence-corrected chi connectivity index (χ0v) is 16.9. The van der Waals surface area contributed by atoms with Crippen LogP contribution in [-0.2, 0) is 19.1 Å². The Balaban J connectivity index is 2.39. The predicted molar refractivity (Wildman–Crippen MR) is 108 cm³/mol. The van der Waals surface area contributed by atoms with Gasteiger partial charge in [-0.2, -0.15) is 0 Å². The molecular formula is C23H26O6. The van der Waals surface area contributed by atoms with E-state index < -0.39 is 23.8 Å². The summed E-state index contributed by atoms with van der Waals surface area (Å²) >= 11 is 0. The summed E-state index contributed by atoms with van der Waals surface area (Å²) in [6.07, 6.45) is -0.0430. The quantitative estimate of drug-likeness (QED) is 0.344. The lowest BCUT2D eigenvalue weighted by molar-refractivity contribution is -0.162. The van der Waals surface area contributed by atoms with Gasteiger partial charge in [0.1, 0.15) is 5.75 Å². The van der Waals surface area contributed by atoms with Crippen LogP contribution in [0.4, 0.5) is 0 Å². The van der Waals surface area contributed by atoms with Crippen molar-refractivity contribution in [1.82, 2.24) is 0 Å². The van der Waals surface area contributed by atoms with Gasteiger partial charge < -0.3 is 14.2 Å². The third kappa shape index (κ3) is 5.91. The Morgan fingerprint density at radius 2 is 1.38 bits per heavy atom. The van der Waals surface area contributed by atoms with Gasteiger partial charge in [-0.3, -0.25) is 14.4 Å². The molecule has 1 atom stereocenters. The molecule has 0 aromatic heterocycles. The first kappa shape index (κ1) is 22.1. The molecule has 0 unspecified atom stereocenters. The van der Waals surface area contributed by atoms with E-state index in [1.165, 1.54) is 0 Å². The van der Waals surface area contributed by atoms with Crippen molar-refractivity contribution in [3.05, 3.63) is 65.7 Å². The Labute approximate surface area is 170 Å². The van der Waals surface area contributed by atoms with Gasteiger partial charge in [-0.1, -0.05) is 30.3 Å². The number of ether oxygens (including phenoxy) is 3. The number of hydrogen-bond donors (Lipinski definition) is 0. The van der Waals surface area contributed by atoms with E-state index in [1.54, 1.807) is 69.5 Å². The second-order valence-electron chi connectivity index (χ2n) is 6.35. The number of carbonyl (C=O) groups excluding carboxylic acids is 3. The Bertz CT molecular complexity index is 795. The molecule has 0 N–H and O–H groups in total. The van der Waals surface area contributed by atoms with E-state index in [0.717, 1.165) is 0 Å². The molecule has 6 nitrogen and oxygen atoms in total. The lowest BCUT2D eigenvalue weighted by atomic mass is 9.81. The van der Waals surface area contributed by atoms with Gasteiger partial charge in [-0.05, 0) is 43.7 Å². The number of carbonyl (C=O) groups is 3. The summed E-state index contributed by atoms with van der Waals surface area (Å²) < 4.78 is 15.4. The van der Waals surface area contributed by atoms with Crippen LogP contribution in [0, 0.1) is 5.92 Å². The van der Waals surface area contributed by atoms with E-state index in [4.69, 9.17) is 14.2 Å². The number of ketones is 1. The number of methoxy groups -OCH3 is 1. The minimum absolute atomic E-state index is 0.0430. The Hall–Kier alpha value is -3.15. The summed E-state index contributed by atoms with van der Waals surface area (Å²) in [6, 6.07) is 15.7. The molecule has 2 aromatic rings. The van der Waals surface area contributed by atoms with Crippen LogP contribution in [0.1, 0.15) is 42.1 Å². The monoisotopic (exact) mass is 398 g/mol. The lowest BCUT2D eigenvalue weighted by Gasteiger charge is -2.24. The van der Waals surface area contributed by atoms with Crippen LogP contribution in [0.15, 0.2) is 54.6 Å². The fourth-order valence-electron chi connectivity index (χ4n) is 3.11. The number of hydrogen-bond acceptors (Lipinski definition) is 6. The first-order chi connectivity index (χ1) is 14.0. The molecule has 0 amide bonds. The number of benzene rings is 2. The summed E-state index contributed by atoms with van der Waals surface area (Å²) in [6.45, 7) is 3.59. The minimum Gasteiger partial charge on any atom is -0.497 e. The zero-order chi connectivity index (χ0) is 21.2. The van der Waals surface area contributed by atoms with Crippen molar-refractivity contribution in [1.29, 1.82) is 0 Å². The molecule has 0 aliphatic heterocycles. The highest BCUT2D eigenvalue weighted by atomic mass is 16.6. The summed E-state index contributed by atoms with van der Waals surface area (Å²) in [4.78, 5) is 38.2. The highest BCUT2D eigenvalue weighted by Gasteiger charge is 2.39. The van der Waals surface area contributed by atoms with Crippen LogP contribution < -0.4 is 4.74 Å². The second-order valence-corrected chi connectivity index (χ2v) is 6.35. The van der Waals surface area contributed by atoms with Gasteiger partial charge in [-0.15, -0.1) is 0 Å². The molecule has 0 aliphatic carbocycles. The van der Waals surface area contributed by atoms with Crippen molar-refractivity contribution in [2.24, 2.45) is 5.92 Å². The van der Waals surface area contributed by atoms with Crippen LogP contribution in [0.3, 0.4) is 0 Å². The standard InChI is InChI=1S/C23H26O6/c1-4-28-22(25)21(23(26)29-5-2)19(16-9-7-6-8-10-16)15-20(24)17-11-13-18(27-3)14-12-17/h6-14,19,21H,4-5,15H2,1-3H3/t19-/m1/s1. The molecule has 0 saturated carbocycles. The molecule has 2 rings (SSSR count). The number of rotatable bonds is 10. The van der Waals surface area contributed by atoms with Crippen molar-refractivity contribution >= 4 is 17.7 Å². The van der Waals surface area contributed by atoms with Gasteiger partial charge in [0.25, 0.3) is 0 Å². The molecule has 2 aromatic carbocycles. The second kappa shape index (κ2) is 11.0. The molecule has 0 spiro atoms. The lowest BCUT2D eigenvalue weighted by Crippen LogP contribution is -2.34. The smallest absolute Gasteiger partial charge is 0.320 e. The molecule has 154 valence electrons. The molecule has 0 heterocycles. The van der Waals surface area contributed by atoms with E-state index in [1.807, 2.05) is 6.07 Å². The maximum Gasteiger partial charge on any atom is 0.320 e. The molecule has 0 saturated heterocycles. The van der Waals surface area contributed by atoms with E-state index >= 15 is 0 Å². The molecule has 0 fully saturated rings. The largest absolute Gasteiger partial charge is 0.497 e. The van der Waals surface area contributed by atoms with E-state index in [0.29, 0.717) is 16.9 Å². The number of Topliss-reactive ketones (excluding diaryl/α,β-unsaturated/α-hetero) is 1. The summed E-state index contributed by atoms with van der Waals surface area (Å²) in [5, 5.41) is 0. The maximum atomic E-state index is 12.9. The molecule has 29 heavy (non-hydrogen) atoms. The molecule has 0 aliphatic rings. The van der Waals surface area contributed by atoms with Crippen molar-refractivity contribution < 1.29 is 28.6 Å². The maximum absolute atomic E-state index is 12.9. The fraction of sp³-hybridized carbons (Fsp3) is 0.348. The van der Waals surface area contributed by atoms with E-state index in [9.17, 15) is 14.4 Å². The van der Waals surface area contributed by atoms with Crippen LogP contribution in [0.2, 0.25) is 0 Å². The molecule has 0 radical (unpaired) electrons. The first-order valence-corrected chi connectivity index (χ1v) is 9.57. The Morgan fingerprint density at radius 1 is 0.828 bits per heavy atom. The van der Waals surface area contributed by atoms with Crippen molar-refractivity contribution in [3.63, 3.8) is 0 Å². The Morgan fingerprint density at radius 3 is 1.86 bits per heavy atom. The third-order valence-electron chi connectivity index (χ3n) is 4.53. The first-order valence-electron chi connectivity index (χ1n) is 9.57. The highest BCUT2D eigenvalue weighted by Crippen LogP contribution is 2.32. The molecule has 0 bridgehead atoms. The zero-order valence-electron chi connectivity index (χ0n) is 16.9. The molecule has 6 heteroatoms. The fourth-order valence-corrected chi connectivity index (χ4v) is 3.11. The van der Waals surface area contributed by atoms with Crippen LogP contribution in [-0.4, -0.2) is 38.0 Å². The van der Waals surface area contributed by atoms with Crippen LogP contribution in [0.25, 0.3) is 0 Å². The number of esters is 2. The van der Waals surface area contributed by atoms with Crippen LogP contribution >= 0.6 is 0 Å².